The Morgan fingerprint density at radius 1 is 1.50 bits per heavy atom. The standard InChI is InChI=1S/C6H10INO4/c1-3(7)8-4(6(11)12)2-5(9)10/h3-4,8H,2H2,1H3,(H,9,10)(H,11,12). The predicted molar refractivity (Wildman–Crippen MR) is 50.3 cm³/mol. The molecular formula is C6H10INO4. The Balaban J connectivity index is 4.04. The van der Waals surface area contributed by atoms with Gasteiger partial charge in [-0.1, -0.05) is 22.6 Å². The van der Waals surface area contributed by atoms with Gasteiger partial charge in [-0.2, -0.15) is 0 Å². The van der Waals surface area contributed by atoms with Crippen molar-refractivity contribution in [3.63, 3.8) is 0 Å². The second-order valence-corrected chi connectivity index (χ2v) is 4.14. The van der Waals surface area contributed by atoms with Gasteiger partial charge in [-0.15, -0.1) is 0 Å². The smallest absolute Gasteiger partial charge is 0.321 e. The molecule has 2 unspecified atom stereocenters. The van der Waals surface area contributed by atoms with Crippen LogP contribution in [0.1, 0.15) is 13.3 Å². The highest BCUT2D eigenvalue weighted by Crippen LogP contribution is 1.99. The first-order chi connectivity index (χ1) is 5.43. The molecule has 0 rings (SSSR count). The summed E-state index contributed by atoms with van der Waals surface area (Å²) in [6, 6.07) is -1.01. The molecule has 0 spiro atoms. The maximum Gasteiger partial charge on any atom is 0.321 e. The first kappa shape index (κ1) is 11.6. The van der Waals surface area contributed by atoms with Crippen molar-refractivity contribution in [1.29, 1.82) is 0 Å². The van der Waals surface area contributed by atoms with Crippen LogP contribution in [0.2, 0.25) is 0 Å². The number of hydrogen-bond donors (Lipinski definition) is 3. The second kappa shape index (κ2) is 5.31. The Morgan fingerprint density at radius 2 is 2.00 bits per heavy atom. The molecular weight excluding hydrogens is 277 g/mol. The van der Waals surface area contributed by atoms with Gasteiger partial charge >= 0.3 is 11.9 Å². The quantitative estimate of drug-likeness (QED) is 0.384. The minimum absolute atomic E-state index is 0.0666. The third-order valence-corrected chi connectivity index (χ3v) is 1.47. The Morgan fingerprint density at radius 3 is 2.25 bits per heavy atom. The van der Waals surface area contributed by atoms with Crippen molar-refractivity contribution < 1.29 is 19.8 Å². The van der Waals surface area contributed by atoms with Gasteiger partial charge in [-0.3, -0.25) is 14.9 Å². The van der Waals surface area contributed by atoms with E-state index in [-0.39, 0.29) is 4.05 Å². The van der Waals surface area contributed by atoms with Crippen LogP contribution in [0.3, 0.4) is 0 Å². The molecule has 70 valence electrons. The number of hydrogen-bond acceptors (Lipinski definition) is 3. The molecule has 0 aliphatic heterocycles. The summed E-state index contributed by atoms with van der Waals surface area (Å²) < 4.78 is -0.0666. The molecule has 2 atom stereocenters. The van der Waals surface area contributed by atoms with Crippen LogP contribution < -0.4 is 5.32 Å². The Bertz CT molecular complexity index is 182. The Hall–Kier alpha value is -0.370. The zero-order valence-corrected chi connectivity index (χ0v) is 8.61. The van der Waals surface area contributed by atoms with Crippen molar-refractivity contribution in [3.8, 4) is 0 Å². The van der Waals surface area contributed by atoms with Crippen LogP contribution in [0, 0.1) is 0 Å². The molecule has 0 aromatic heterocycles. The predicted octanol–water partition coefficient (Wildman–Crippen LogP) is 0.285. The number of carbonyl (C=O) groups is 2. The van der Waals surface area contributed by atoms with Crippen molar-refractivity contribution in [2.45, 2.75) is 23.4 Å². The van der Waals surface area contributed by atoms with E-state index in [1.807, 2.05) is 22.6 Å². The first-order valence-corrected chi connectivity index (χ1v) is 4.52. The number of alkyl halides is 1. The molecule has 6 heteroatoms. The molecule has 12 heavy (non-hydrogen) atoms. The molecule has 0 saturated heterocycles. The summed E-state index contributed by atoms with van der Waals surface area (Å²) in [7, 11) is 0. The number of carboxylic acid groups (broad SMARTS) is 2. The Kier molecular flexibility index (Phi) is 5.14. The number of nitrogens with one attached hydrogen (secondary N) is 1. The molecule has 0 radical (unpaired) electrons. The van der Waals surface area contributed by atoms with Gasteiger partial charge in [-0.05, 0) is 6.92 Å². The number of halogens is 1. The average molecular weight is 287 g/mol. The zero-order valence-electron chi connectivity index (χ0n) is 6.45. The zero-order chi connectivity index (χ0) is 9.72. The molecule has 5 nitrogen and oxygen atoms in total. The topological polar surface area (TPSA) is 86.6 Å². The van der Waals surface area contributed by atoms with E-state index in [2.05, 4.69) is 5.32 Å². The molecule has 0 bridgehead atoms. The molecule has 0 saturated carbocycles. The van der Waals surface area contributed by atoms with Crippen molar-refractivity contribution in [3.05, 3.63) is 0 Å². The van der Waals surface area contributed by atoms with Crippen molar-refractivity contribution in [2.75, 3.05) is 0 Å². The molecule has 3 N–H and O–H groups in total. The highest BCUT2D eigenvalue weighted by Gasteiger charge is 2.21. The van der Waals surface area contributed by atoms with Gasteiger partial charge in [-0.25, -0.2) is 0 Å². The van der Waals surface area contributed by atoms with Crippen molar-refractivity contribution in [1.82, 2.24) is 5.32 Å². The molecule has 0 aliphatic carbocycles. The first-order valence-electron chi connectivity index (χ1n) is 3.28. The van der Waals surface area contributed by atoms with E-state index in [1.165, 1.54) is 0 Å². The lowest BCUT2D eigenvalue weighted by atomic mass is 10.2. The van der Waals surface area contributed by atoms with Crippen LogP contribution in [-0.4, -0.2) is 32.2 Å². The maximum absolute atomic E-state index is 10.4. The molecule has 0 aliphatic rings. The molecule has 0 fully saturated rings. The fraction of sp³-hybridized carbons (Fsp3) is 0.667. The maximum atomic E-state index is 10.4. The summed E-state index contributed by atoms with van der Waals surface area (Å²) in [6.07, 6.45) is -0.400. The normalized spacial score (nSPS) is 15.2. The third-order valence-electron chi connectivity index (χ3n) is 1.11. The van der Waals surface area contributed by atoms with Crippen LogP contribution >= 0.6 is 22.6 Å². The highest BCUT2D eigenvalue weighted by atomic mass is 127. The van der Waals surface area contributed by atoms with Gasteiger partial charge in [0.05, 0.1) is 10.5 Å². The molecule has 0 aromatic carbocycles. The van der Waals surface area contributed by atoms with Gasteiger partial charge in [0.25, 0.3) is 0 Å². The van der Waals surface area contributed by atoms with Crippen molar-refractivity contribution in [2.24, 2.45) is 0 Å². The van der Waals surface area contributed by atoms with E-state index in [0.29, 0.717) is 0 Å². The number of aliphatic carboxylic acids is 2. The minimum atomic E-state index is -1.14. The average Bonchev–Trinajstić information content (AvgIpc) is 1.83. The fourth-order valence-electron chi connectivity index (χ4n) is 0.669. The summed E-state index contributed by atoms with van der Waals surface area (Å²) in [5.41, 5.74) is 0. The van der Waals surface area contributed by atoms with Crippen LogP contribution in [0.5, 0.6) is 0 Å². The monoisotopic (exact) mass is 287 g/mol. The second-order valence-electron chi connectivity index (χ2n) is 2.27. The minimum Gasteiger partial charge on any atom is -0.481 e. The summed E-state index contributed by atoms with van der Waals surface area (Å²) >= 11 is 1.97. The number of carboxylic acids is 2. The van der Waals surface area contributed by atoms with E-state index in [1.54, 1.807) is 6.92 Å². The molecule has 0 heterocycles. The van der Waals surface area contributed by atoms with Gasteiger partial charge in [0.2, 0.25) is 0 Å². The van der Waals surface area contributed by atoms with Crippen LogP contribution in [0.4, 0.5) is 0 Å². The third kappa shape index (κ3) is 5.30. The van der Waals surface area contributed by atoms with E-state index in [0.717, 1.165) is 0 Å². The SMILES string of the molecule is CC(I)NC(CC(=O)O)C(=O)O. The van der Waals surface area contributed by atoms with Gasteiger partial charge in [0.15, 0.2) is 0 Å². The van der Waals surface area contributed by atoms with Gasteiger partial charge in [0, 0.05) is 0 Å². The van der Waals surface area contributed by atoms with E-state index >= 15 is 0 Å². The Labute approximate surface area is 83.3 Å². The van der Waals surface area contributed by atoms with Gasteiger partial charge < -0.3 is 10.2 Å². The van der Waals surface area contributed by atoms with Crippen molar-refractivity contribution >= 4 is 34.5 Å². The van der Waals surface area contributed by atoms with Crippen LogP contribution in [-0.2, 0) is 9.59 Å². The largest absolute Gasteiger partial charge is 0.481 e. The van der Waals surface area contributed by atoms with E-state index < -0.39 is 24.4 Å². The molecule has 0 aromatic rings. The fourth-order valence-corrected chi connectivity index (χ4v) is 1.10. The summed E-state index contributed by atoms with van der Waals surface area (Å²) in [5.74, 6) is -2.26. The van der Waals surface area contributed by atoms with Gasteiger partial charge in [0.1, 0.15) is 6.04 Å². The lowest BCUT2D eigenvalue weighted by molar-refractivity contribution is -0.145. The van der Waals surface area contributed by atoms with Crippen LogP contribution in [0.15, 0.2) is 0 Å². The van der Waals surface area contributed by atoms with E-state index in [9.17, 15) is 9.59 Å². The number of rotatable bonds is 5. The lowest BCUT2D eigenvalue weighted by Gasteiger charge is -2.13. The van der Waals surface area contributed by atoms with E-state index in [4.69, 9.17) is 10.2 Å². The molecule has 0 amide bonds. The summed E-state index contributed by atoms with van der Waals surface area (Å²) in [6.45, 7) is 1.75. The summed E-state index contributed by atoms with van der Waals surface area (Å²) in [5, 5.41) is 19.5. The summed E-state index contributed by atoms with van der Waals surface area (Å²) in [4.78, 5) is 20.6. The highest BCUT2D eigenvalue weighted by molar-refractivity contribution is 14.1. The van der Waals surface area contributed by atoms with Crippen LogP contribution in [0.25, 0.3) is 0 Å². The lowest BCUT2D eigenvalue weighted by Crippen LogP contribution is -2.41.